The van der Waals surface area contributed by atoms with E-state index in [0.29, 0.717) is 11.5 Å². The Morgan fingerprint density at radius 1 is 1.00 bits per heavy atom. The van der Waals surface area contributed by atoms with E-state index < -0.39 is 9.73 Å². The van der Waals surface area contributed by atoms with Gasteiger partial charge in [0.2, 0.25) is 0 Å². The van der Waals surface area contributed by atoms with E-state index in [1.54, 1.807) is 0 Å². The van der Waals surface area contributed by atoms with Gasteiger partial charge in [0, 0.05) is 21.2 Å². The van der Waals surface area contributed by atoms with Gasteiger partial charge in [0.25, 0.3) is 0 Å². The largest absolute Gasteiger partial charge is 0.253 e. The summed E-state index contributed by atoms with van der Waals surface area (Å²) in [6, 6.07) is 0. The summed E-state index contributed by atoms with van der Waals surface area (Å²) in [4.78, 5) is 0. The molecule has 1 aliphatic heterocycles. The molecule has 84 valence electrons. The van der Waals surface area contributed by atoms with Gasteiger partial charge in [0.05, 0.1) is 0 Å². The molecule has 1 heterocycles. The van der Waals surface area contributed by atoms with Crippen LogP contribution in [0.25, 0.3) is 0 Å². The first kappa shape index (κ1) is 12.0. The first-order valence-electron chi connectivity index (χ1n) is 5.36. The van der Waals surface area contributed by atoms with Crippen molar-refractivity contribution in [1.82, 2.24) is 0 Å². The summed E-state index contributed by atoms with van der Waals surface area (Å²) >= 11 is 0. The summed E-state index contributed by atoms with van der Waals surface area (Å²) < 4.78 is 19.6. The highest BCUT2D eigenvalue weighted by molar-refractivity contribution is 7.92. The van der Waals surface area contributed by atoms with Crippen LogP contribution in [0.1, 0.15) is 47.0 Å². The standard InChI is InChI=1S/C11H23NOS/c1-10(2)5-7-14(12,13)8-6-11(3,4)9-10/h12H,5-9H2,1-4H3. The zero-order valence-electron chi connectivity index (χ0n) is 9.85. The first-order valence-corrected chi connectivity index (χ1v) is 7.26. The van der Waals surface area contributed by atoms with Crippen LogP contribution < -0.4 is 0 Å². The quantitative estimate of drug-likeness (QED) is 0.664. The topological polar surface area (TPSA) is 40.9 Å². The third-order valence-corrected chi connectivity index (χ3v) is 4.90. The molecule has 3 heteroatoms. The Bertz CT molecular complexity index is 277. The Kier molecular flexibility index (Phi) is 3.01. The van der Waals surface area contributed by atoms with E-state index >= 15 is 0 Å². The van der Waals surface area contributed by atoms with Crippen molar-refractivity contribution < 1.29 is 4.21 Å². The lowest BCUT2D eigenvalue weighted by Gasteiger charge is -2.37. The number of hydrogen-bond donors (Lipinski definition) is 1. The second kappa shape index (κ2) is 3.51. The molecule has 0 unspecified atom stereocenters. The smallest absolute Gasteiger partial charge is 0.0441 e. The number of nitrogens with one attached hydrogen (secondary N) is 1. The molecule has 0 aromatic heterocycles. The molecular weight excluding hydrogens is 194 g/mol. The fourth-order valence-electron chi connectivity index (χ4n) is 2.46. The predicted octanol–water partition coefficient (Wildman–Crippen LogP) is 3.27. The van der Waals surface area contributed by atoms with Crippen LogP contribution in [0.3, 0.4) is 0 Å². The maximum Gasteiger partial charge on any atom is 0.0441 e. The summed E-state index contributed by atoms with van der Waals surface area (Å²) in [6.07, 6.45) is 3.03. The first-order chi connectivity index (χ1) is 6.12. The molecule has 0 aliphatic carbocycles. The van der Waals surface area contributed by atoms with Gasteiger partial charge >= 0.3 is 0 Å². The molecule has 1 saturated heterocycles. The van der Waals surface area contributed by atoms with Crippen molar-refractivity contribution in [2.24, 2.45) is 10.8 Å². The van der Waals surface area contributed by atoms with Gasteiger partial charge in [-0.1, -0.05) is 27.7 Å². The molecule has 0 radical (unpaired) electrons. The van der Waals surface area contributed by atoms with Gasteiger partial charge in [0.15, 0.2) is 0 Å². The number of hydrogen-bond acceptors (Lipinski definition) is 2. The molecule has 0 atom stereocenters. The van der Waals surface area contributed by atoms with E-state index in [1.807, 2.05) is 0 Å². The monoisotopic (exact) mass is 217 g/mol. The van der Waals surface area contributed by atoms with E-state index in [-0.39, 0.29) is 10.8 Å². The van der Waals surface area contributed by atoms with Crippen LogP contribution in [-0.4, -0.2) is 15.7 Å². The summed E-state index contributed by atoms with van der Waals surface area (Å²) in [5.74, 6) is 1.19. The van der Waals surface area contributed by atoms with Crippen LogP contribution in [0.15, 0.2) is 0 Å². The molecular formula is C11H23NOS. The molecule has 1 fully saturated rings. The predicted molar refractivity (Wildman–Crippen MR) is 62.0 cm³/mol. The van der Waals surface area contributed by atoms with Crippen molar-refractivity contribution in [3.8, 4) is 0 Å². The van der Waals surface area contributed by atoms with Crippen LogP contribution >= 0.6 is 0 Å². The van der Waals surface area contributed by atoms with Gasteiger partial charge in [-0.25, -0.2) is 4.21 Å². The molecule has 0 bridgehead atoms. The van der Waals surface area contributed by atoms with E-state index in [2.05, 4.69) is 27.7 Å². The molecule has 1 aliphatic rings. The van der Waals surface area contributed by atoms with Gasteiger partial charge in [-0.15, -0.1) is 0 Å². The molecule has 1 N–H and O–H groups in total. The highest BCUT2D eigenvalue weighted by atomic mass is 32.2. The summed E-state index contributed by atoms with van der Waals surface area (Å²) in [7, 11) is -2.28. The van der Waals surface area contributed by atoms with Crippen LogP contribution in [0.5, 0.6) is 0 Å². The normalized spacial score (nSPS) is 30.3. The molecule has 0 aromatic carbocycles. The van der Waals surface area contributed by atoms with Crippen LogP contribution in [0.2, 0.25) is 0 Å². The fourth-order valence-corrected chi connectivity index (χ4v) is 4.43. The number of rotatable bonds is 0. The van der Waals surface area contributed by atoms with E-state index in [9.17, 15) is 4.21 Å². The van der Waals surface area contributed by atoms with Gasteiger partial charge in [-0.05, 0) is 30.1 Å². The maximum absolute atomic E-state index is 11.8. The van der Waals surface area contributed by atoms with Crippen molar-refractivity contribution >= 4 is 9.73 Å². The minimum absolute atomic E-state index is 0.244. The Balaban J connectivity index is 2.86. The van der Waals surface area contributed by atoms with E-state index in [0.717, 1.165) is 12.8 Å². The Morgan fingerprint density at radius 2 is 1.36 bits per heavy atom. The van der Waals surface area contributed by atoms with Crippen LogP contribution in [0.4, 0.5) is 0 Å². The summed E-state index contributed by atoms with van der Waals surface area (Å²) in [5.41, 5.74) is 0.487. The Hall–Kier alpha value is -0.0500. The molecule has 2 nitrogen and oxygen atoms in total. The van der Waals surface area contributed by atoms with Crippen LogP contribution in [0, 0.1) is 15.6 Å². The lowest BCUT2D eigenvalue weighted by molar-refractivity contribution is 0.181. The van der Waals surface area contributed by atoms with Gasteiger partial charge < -0.3 is 0 Å². The highest BCUT2D eigenvalue weighted by Crippen LogP contribution is 2.40. The SMILES string of the molecule is CC1(C)CCS(=N)(=O)CCC(C)(C)C1. The summed E-state index contributed by atoms with van der Waals surface area (Å²) in [6.45, 7) is 8.93. The average molecular weight is 217 g/mol. The Labute approximate surface area is 88.5 Å². The fraction of sp³-hybridized carbons (Fsp3) is 1.00. The van der Waals surface area contributed by atoms with E-state index in [4.69, 9.17) is 4.78 Å². The molecule has 0 spiro atoms. The molecule has 0 amide bonds. The van der Waals surface area contributed by atoms with Crippen molar-refractivity contribution in [2.75, 3.05) is 11.5 Å². The Morgan fingerprint density at radius 3 is 1.71 bits per heavy atom. The molecule has 0 saturated carbocycles. The van der Waals surface area contributed by atoms with E-state index in [1.165, 1.54) is 6.42 Å². The van der Waals surface area contributed by atoms with Gasteiger partial charge in [-0.2, -0.15) is 0 Å². The highest BCUT2D eigenvalue weighted by Gasteiger charge is 2.32. The molecule has 1 rings (SSSR count). The van der Waals surface area contributed by atoms with Crippen molar-refractivity contribution in [3.63, 3.8) is 0 Å². The molecule has 0 aromatic rings. The van der Waals surface area contributed by atoms with Crippen LogP contribution in [-0.2, 0) is 9.73 Å². The van der Waals surface area contributed by atoms with Crippen molar-refractivity contribution in [1.29, 1.82) is 4.78 Å². The average Bonchev–Trinajstić information content (AvgIpc) is 1.96. The third kappa shape index (κ3) is 3.60. The maximum atomic E-state index is 11.8. The van der Waals surface area contributed by atoms with Crippen molar-refractivity contribution in [3.05, 3.63) is 0 Å². The summed E-state index contributed by atoms with van der Waals surface area (Å²) in [5, 5.41) is 0. The molecule has 14 heavy (non-hydrogen) atoms. The zero-order chi connectivity index (χ0) is 11.0. The second-order valence-corrected chi connectivity index (χ2v) is 8.67. The lowest BCUT2D eigenvalue weighted by atomic mass is 9.72. The second-order valence-electron chi connectivity index (χ2n) is 6.23. The minimum atomic E-state index is -2.28. The van der Waals surface area contributed by atoms with Gasteiger partial charge in [-0.3, -0.25) is 4.78 Å². The minimum Gasteiger partial charge on any atom is -0.253 e. The third-order valence-electron chi connectivity index (χ3n) is 3.17. The van der Waals surface area contributed by atoms with Crippen molar-refractivity contribution in [2.45, 2.75) is 47.0 Å². The lowest BCUT2D eigenvalue weighted by Crippen LogP contribution is -2.31. The zero-order valence-corrected chi connectivity index (χ0v) is 10.7. The van der Waals surface area contributed by atoms with Gasteiger partial charge in [0.1, 0.15) is 0 Å².